The Bertz CT molecular complexity index is 770. The van der Waals surface area contributed by atoms with Crippen molar-refractivity contribution < 1.29 is 13.2 Å². The summed E-state index contributed by atoms with van der Waals surface area (Å²) in [5, 5.41) is 3.14. The molecule has 0 saturated carbocycles. The maximum atomic E-state index is 12.4. The molecule has 5 nitrogen and oxygen atoms in total. The minimum Gasteiger partial charge on any atom is -0.490 e. The van der Waals surface area contributed by atoms with E-state index in [0.29, 0.717) is 24.6 Å². The third-order valence-corrected chi connectivity index (χ3v) is 4.92. The van der Waals surface area contributed by atoms with Gasteiger partial charge in [-0.15, -0.1) is 0 Å². The highest BCUT2D eigenvalue weighted by molar-refractivity contribution is 7.89. The standard InChI is InChI=1S/C16H18N2O3S/c1-12-2-4-13(5-3-12)11-18-22(19,20)14-6-7-16-15(10-14)17-8-9-21-16/h2-7,10,17-18H,8-9,11H2,1H3. The van der Waals surface area contributed by atoms with E-state index >= 15 is 0 Å². The van der Waals surface area contributed by atoms with Crippen LogP contribution in [0, 0.1) is 6.92 Å². The van der Waals surface area contributed by atoms with Crippen LogP contribution in [0.3, 0.4) is 0 Å². The first-order valence-electron chi connectivity index (χ1n) is 7.10. The van der Waals surface area contributed by atoms with E-state index in [1.54, 1.807) is 18.2 Å². The summed E-state index contributed by atoms with van der Waals surface area (Å²) in [6.45, 7) is 3.53. The molecule has 0 unspecified atom stereocenters. The van der Waals surface area contributed by atoms with Crippen LogP contribution in [0.25, 0.3) is 0 Å². The number of hydrogen-bond donors (Lipinski definition) is 2. The molecule has 0 saturated heterocycles. The molecule has 1 aliphatic heterocycles. The molecule has 0 amide bonds. The zero-order valence-corrected chi connectivity index (χ0v) is 13.1. The predicted molar refractivity (Wildman–Crippen MR) is 85.6 cm³/mol. The zero-order chi connectivity index (χ0) is 15.6. The first kappa shape index (κ1) is 14.9. The maximum Gasteiger partial charge on any atom is 0.240 e. The van der Waals surface area contributed by atoms with Gasteiger partial charge < -0.3 is 10.1 Å². The molecule has 1 aliphatic rings. The van der Waals surface area contributed by atoms with Gasteiger partial charge in [-0.3, -0.25) is 0 Å². The van der Waals surface area contributed by atoms with Crippen LogP contribution >= 0.6 is 0 Å². The Balaban J connectivity index is 1.76. The second kappa shape index (κ2) is 5.98. The van der Waals surface area contributed by atoms with Crippen molar-refractivity contribution >= 4 is 15.7 Å². The Morgan fingerprint density at radius 2 is 1.95 bits per heavy atom. The van der Waals surface area contributed by atoms with Crippen LogP contribution in [0.5, 0.6) is 5.75 Å². The summed E-state index contributed by atoms with van der Waals surface area (Å²) < 4.78 is 32.8. The van der Waals surface area contributed by atoms with Crippen LogP contribution in [0.2, 0.25) is 0 Å². The molecule has 0 radical (unpaired) electrons. The smallest absolute Gasteiger partial charge is 0.240 e. The second-order valence-electron chi connectivity index (χ2n) is 5.24. The lowest BCUT2D eigenvalue weighted by Crippen LogP contribution is -2.24. The largest absolute Gasteiger partial charge is 0.490 e. The monoisotopic (exact) mass is 318 g/mol. The normalized spacial score (nSPS) is 13.9. The lowest BCUT2D eigenvalue weighted by molar-refractivity contribution is 0.323. The van der Waals surface area contributed by atoms with Crippen molar-refractivity contribution in [3.05, 3.63) is 53.6 Å². The molecule has 116 valence electrons. The van der Waals surface area contributed by atoms with E-state index in [2.05, 4.69) is 10.0 Å². The van der Waals surface area contributed by atoms with E-state index in [-0.39, 0.29) is 11.4 Å². The molecule has 3 rings (SSSR count). The highest BCUT2D eigenvalue weighted by Crippen LogP contribution is 2.29. The Labute approximate surface area is 130 Å². The van der Waals surface area contributed by atoms with Gasteiger partial charge in [-0.1, -0.05) is 29.8 Å². The number of nitrogens with one attached hydrogen (secondary N) is 2. The predicted octanol–water partition coefficient (Wildman–Crippen LogP) is 2.28. The van der Waals surface area contributed by atoms with E-state index in [9.17, 15) is 8.42 Å². The summed E-state index contributed by atoms with van der Waals surface area (Å²) >= 11 is 0. The number of sulfonamides is 1. The molecule has 2 aromatic rings. The zero-order valence-electron chi connectivity index (χ0n) is 12.3. The number of benzene rings is 2. The molecule has 2 aromatic carbocycles. The molecule has 0 aromatic heterocycles. The first-order chi connectivity index (χ1) is 10.5. The van der Waals surface area contributed by atoms with E-state index in [1.165, 1.54) is 0 Å². The van der Waals surface area contributed by atoms with Crippen LogP contribution in [0.4, 0.5) is 5.69 Å². The molecule has 22 heavy (non-hydrogen) atoms. The van der Waals surface area contributed by atoms with Gasteiger partial charge in [-0.2, -0.15) is 0 Å². The van der Waals surface area contributed by atoms with Crippen molar-refractivity contribution in [2.75, 3.05) is 18.5 Å². The van der Waals surface area contributed by atoms with Crippen molar-refractivity contribution in [1.29, 1.82) is 0 Å². The van der Waals surface area contributed by atoms with Crippen LogP contribution in [0.15, 0.2) is 47.4 Å². The number of ether oxygens (including phenoxy) is 1. The van der Waals surface area contributed by atoms with Gasteiger partial charge >= 0.3 is 0 Å². The molecular formula is C16H18N2O3S. The van der Waals surface area contributed by atoms with Gasteiger partial charge in [0.15, 0.2) is 0 Å². The van der Waals surface area contributed by atoms with Crippen molar-refractivity contribution in [1.82, 2.24) is 4.72 Å². The van der Waals surface area contributed by atoms with Crippen molar-refractivity contribution in [2.24, 2.45) is 0 Å². The van der Waals surface area contributed by atoms with E-state index in [1.807, 2.05) is 31.2 Å². The fourth-order valence-electron chi connectivity index (χ4n) is 2.25. The number of hydrogen-bond acceptors (Lipinski definition) is 4. The minimum absolute atomic E-state index is 0.233. The van der Waals surface area contributed by atoms with Crippen molar-refractivity contribution in [3.8, 4) is 5.75 Å². The van der Waals surface area contributed by atoms with Crippen molar-refractivity contribution in [2.45, 2.75) is 18.4 Å². The van der Waals surface area contributed by atoms with E-state index < -0.39 is 10.0 Å². The number of aryl methyl sites for hydroxylation is 1. The summed E-state index contributed by atoms with van der Waals surface area (Å²) in [4.78, 5) is 0.233. The van der Waals surface area contributed by atoms with Crippen LogP contribution < -0.4 is 14.8 Å². The lowest BCUT2D eigenvalue weighted by Gasteiger charge is -2.19. The molecule has 0 spiro atoms. The minimum atomic E-state index is -3.55. The number of fused-ring (bicyclic) bond motifs is 1. The fourth-order valence-corrected chi connectivity index (χ4v) is 3.30. The Kier molecular flexibility index (Phi) is 4.04. The number of anilines is 1. The Morgan fingerprint density at radius 3 is 2.73 bits per heavy atom. The highest BCUT2D eigenvalue weighted by atomic mass is 32.2. The number of rotatable bonds is 4. The average Bonchev–Trinajstić information content (AvgIpc) is 2.54. The van der Waals surface area contributed by atoms with Crippen LogP contribution in [0.1, 0.15) is 11.1 Å². The average molecular weight is 318 g/mol. The quantitative estimate of drug-likeness (QED) is 0.907. The van der Waals surface area contributed by atoms with E-state index in [0.717, 1.165) is 11.1 Å². The molecule has 0 aliphatic carbocycles. The van der Waals surface area contributed by atoms with Gasteiger partial charge in [0.1, 0.15) is 12.4 Å². The van der Waals surface area contributed by atoms with E-state index in [4.69, 9.17) is 4.74 Å². The summed E-state index contributed by atoms with van der Waals surface area (Å²) in [5.74, 6) is 0.684. The van der Waals surface area contributed by atoms with Gasteiger partial charge in [0.25, 0.3) is 0 Å². The Morgan fingerprint density at radius 1 is 1.18 bits per heavy atom. The van der Waals surface area contributed by atoms with Gasteiger partial charge in [0, 0.05) is 13.1 Å². The first-order valence-corrected chi connectivity index (χ1v) is 8.59. The molecule has 0 atom stereocenters. The lowest BCUT2D eigenvalue weighted by atomic mass is 10.2. The van der Waals surface area contributed by atoms with Gasteiger partial charge in [-0.25, -0.2) is 13.1 Å². The molecule has 1 heterocycles. The van der Waals surface area contributed by atoms with Gasteiger partial charge in [0.2, 0.25) is 10.0 Å². The topological polar surface area (TPSA) is 67.4 Å². The summed E-state index contributed by atoms with van der Waals surface area (Å²) in [6, 6.07) is 12.6. The molecule has 6 heteroatoms. The summed E-state index contributed by atoms with van der Waals surface area (Å²) in [6.07, 6.45) is 0. The molecule has 0 bridgehead atoms. The fraction of sp³-hybridized carbons (Fsp3) is 0.250. The summed E-state index contributed by atoms with van der Waals surface area (Å²) in [7, 11) is -3.55. The third kappa shape index (κ3) is 3.23. The van der Waals surface area contributed by atoms with Gasteiger partial charge in [0.05, 0.1) is 10.6 Å². The van der Waals surface area contributed by atoms with Crippen LogP contribution in [-0.4, -0.2) is 21.6 Å². The molecular weight excluding hydrogens is 300 g/mol. The van der Waals surface area contributed by atoms with Gasteiger partial charge in [-0.05, 0) is 30.7 Å². The van der Waals surface area contributed by atoms with Crippen molar-refractivity contribution in [3.63, 3.8) is 0 Å². The highest BCUT2D eigenvalue weighted by Gasteiger charge is 2.18. The maximum absolute atomic E-state index is 12.4. The van der Waals surface area contributed by atoms with Crippen LogP contribution in [-0.2, 0) is 16.6 Å². The molecule has 2 N–H and O–H groups in total. The third-order valence-electron chi connectivity index (χ3n) is 3.52. The molecule has 0 fully saturated rings. The summed E-state index contributed by atoms with van der Waals surface area (Å²) in [5.41, 5.74) is 2.78. The second-order valence-corrected chi connectivity index (χ2v) is 7.01. The Hall–Kier alpha value is -2.05. The SMILES string of the molecule is Cc1ccc(CNS(=O)(=O)c2ccc3c(c2)NCCO3)cc1.